The fourth-order valence-electron chi connectivity index (χ4n) is 15.6. The number of rotatable bonds is 0. The molecule has 0 N–H and O–H groups in total. The molecule has 0 unspecified atom stereocenters. The fraction of sp³-hybridized carbons (Fsp3) is 0.667. The Bertz CT molecular complexity index is 2090. The quantitative estimate of drug-likeness (QED) is 0.225. The molecule has 0 aromatic heterocycles. The molecule has 3 saturated carbocycles. The average molecular weight is 772 g/mol. The van der Waals surface area contributed by atoms with Crippen LogP contribution in [0, 0.1) is 38.5 Å². The van der Waals surface area contributed by atoms with Crippen molar-refractivity contribution in [2.75, 3.05) is 40.7 Å². The predicted octanol–water partition coefficient (Wildman–Crippen LogP) is 11.0. The molecule has 3 aromatic rings. The molecule has 9 aliphatic rings. The third-order valence-electron chi connectivity index (χ3n) is 18.4. The van der Waals surface area contributed by atoms with Crippen molar-refractivity contribution in [1.29, 1.82) is 0 Å². The molecule has 6 fully saturated rings. The van der Waals surface area contributed by atoms with Gasteiger partial charge in [-0.2, -0.15) is 0 Å². The SMILES string of the molecule is Cc1ccc2c(c1)[C@]13CCCC[C@@H]1[C@H](C2)N(C)CC3.Cc1ccc2c(c1)[C@]13CCCC[C@@H]1[C@H](C2)N(C)CC3.[2H]C([2H])([2H])c1ccc2c(c1)[C@]13CCCC[C@@H]1[C@H](C2)N(C([2H])([2H])[2H])CC3. The first-order valence-corrected chi connectivity index (χ1v) is 23.6. The Hall–Kier alpha value is -2.46. The van der Waals surface area contributed by atoms with Gasteiger partial charge in [0.25, 0.3) is 0 Å². The lowest BCUT2D eigenvalue weighted by atomic mass is 9.52. The smallest absolute Gasteiger partial charge is 0.0394 e. The molecular weight excluding hydrogens is 691 g/mol. The molecule has 3 aliphatic heterocycles. The van der Waals surface area contributed by atoms with Crippen molar-refractivity contribution in [1.82, 2.24) is 14.7 Å². The van der Waals surface area contributed by atoms with Crippen LogP contribution in [0.25, 0.3) is 0 Å². The number of likely N-dealkylation sites (tertiary alicyclic amines) is 3. The number of piperidine rings is 3. The number of fused-ring (bicyclic) bond motifs is 3. The van der Waals surface area contributed by atoms with Gasteiger partial charge >= 0.3 is 0 Å². The van der Waals surface area contributed by atoms with Gasteiger partial charge in [0.2, 0.25) is 0 Å². The van der Waals surface area contributed by atoms with E-state index in [9.17, 15) is 0 Å². The Kier molecular flexibility index (Phi) is 8.46. The Morgan fingerprint density at radius 2 is 0.842 bits per heavy atom. The Morgan fingerprint density at radius 3 is 1.25 bits per heavy atom. The monoisotopic (exact) mass is 772 g/mol. The zero-order valence-corrected chi connectivity index (χ0v) is 35.9. The summed E-state index contributed by atoms with van der Waals surface area (Å²) in [6.07, 6.45) is 22.9. The van der Waals surface area contributed by atoms with Gasteiger partial charge in [0.15, 0.2) is 0 Å². The number of hydrogen-bond donors (Lipinski definition) is 0. The molecule has 12 rings (SSSR count). The van der Waals surface area contributed by atoms with Gasteiger partial charge in [-0.3, -0.25) is 0 Å². The summed E-state index contributed by atoms with van der Waals surface area (Å²) in [6, 6.07) is 21.8. The number of likely N-dealkylation sites (N-methyl/N-ethyl adjacent to an activating group) is 3. The zero-order valence-electron chi connectivity index (χ0n) is 41.9. The van der Waals surface area contributed by atoms with Gasteiger partial charge in [-0.1, -0.05) is 110 Å². The van der Waals surface area contributed by atoms with Gasteiger partial charge < -0.3 is 14.7 Å². The van der Waals surface area contributed by atoms with Crippen LogP contribution in [-0.4, -0.2) is 73.5 Å². The summed E-state index contributed by atoms with van der Waals surface area (Å²) in [5.74, 6) is 2.18. The van der Waals surface area contributed by atoms with Crippen LogP contribution in [0.5, 0.6) is 0 Å². The Morgan fingerprint density at radius 1 is 0.474 bits per heavy atom. The minimum Gasteiger partial charge on any atom is -0.303 e. The van der Waals surface area contributed by atoms with Crippen LogP contribution in [0.4, 0.5) is 0 Å². The van der Waals surface area contributed by atoms with E-state index in [1.807, 2.05) is 12.1 Å². The van der Waals surface area contributed by atoms with Gasteiger partial charge in [-0.25, -0.2) is 0 Å². The molecule has 3 nitrogen and oxygen atoms in total. The van der Waals surface area contributed by atoms with Crippen molar-refractivity contribution < 1.29 is 8.22 Å². The summed E-state index contributed by atoms with van der Waals surface area (Å²) in [5.41, 5.74) is 13.5. The van der Waals surface area contributed by atoms with Crippen molar-refractivity contribution in [3.8, 4) is 0 Å². The van der Waals surface area contributed by atoms with Crippen LogP contribution in [0.3, 0.4) is 0 Å². The van der Waals surface area contributed by atoms with E-state index in [1.165, 1.54) is 107 Å². The van der Waals surface area contributed by atoms with E-state index >= 15 is 0 Å². The summed E-state index contributed by atoms with van der Waals surface area (Å²) < 4.78 is 47.1. The Labute approximate surface area is 355 Å². The minimum atomic E-state index is -2.09. The molecular formula is C54H75N3. The Balaban J connectivity index is 0.000000114. The van der Waals surface area contributed by atoms with Crippen molar-refractivity contribution in [3.05, 3.63) is 105 Å². The summed E-state index contributed by atoms with van der Waals surface area (Å²) in [5, 5.41) is 0. The molecule has 0 radical (unpaired) electrons. The summed E-state index contributed by atoms with van der Waals surface area (Å²) in [4.78, 5) is 7.04. The van der Waals surface area contributed by atoms with Crippen molar-refractivity contribution in [2.24, 2.45) is 17.8 Å². The second kappa shape index (κ2) is 14.9. The van der Waals surface area contributed by atoms with Crippen molar-refractivity contribution in [3.63, 3.8) is 0 Å². The van der Waals surface area contributed by atoms with Crippen LogP contribution < -0.4 is 0 Å². The van der Waals surface area contributed by atoms with Crippen LogP contribution in [-0.2, 0) is 35.5 Å². The average Bonchev–Trinajstić information content (AvgIpc) is 3.26. The highest BCUT2D eigenvalue weighted by Crippen LogP contribution is 2.58. The fourth-order valence-corrected chi connectivity index (χ4v) is 15.6. The van der Waals surface area contributed by atoms with Crippen LogP contribution in [0.1, 0.15) is 155 Å². The van der Waals surface area contributed by atoms with Crippen molar-refractivity contribution >= 4 is 0 Å². The largest absolute Gasteiger partial charge is 0.303 e. The number of aryl methyl sites for hydroxylation is 3. The summed E-state index contributed by atoms with van der Waals surface area (Å²) in [7, 11) is 4.70. The van der Waals surface area contributed by atoms with E-state index in [2.05, 4.69) is 74.1 Å². The highest BCUT2D eigenvalue weighted by molar-refractivity contribution is 5.46. The molecule has 3 heteroatoms. The maximum Gasteiger partial charge on any atom is 0.0394 e. The first-order valence-electron chi connectivity index (χ1n) is 26.6. The molecule has 306 valence electrons. The molecule has 57 heavy (non-hydrogen) atoms. The highest BCUT2D eigenvalue weighted by atomic mass is 15.2. The standard InChI is InChI=1S/3C18H25N/c3*1-13-6-7-14-12-17-15-5-3-4-8-18(15,16(14)11-13)9-10-19(17)2/h3*6-7,11,15,17H,3-5,8-10,12H2,1-2H3/t3*15-,17+,18+/m111/s1/i1D3,2D3;;. The second-order valence-corrected chi connectivity index (χ2v) is 20.9. The van der Waals surface area contributed by atoms with Crippen molar-refractivity contribution in [2.45, 2.75) is 171 Å². The van der Waals surface area contributed by atoms with E-state index < -0.39 is 13.8 Å². The van der Waals surface area contributed by atoms with Gasteiger partial charge in [0, 0.05) is 42.6 Å². The maximum atomic E-state index is 7.94. The van der Waals surface area contributed by atoms with Crippen LogP contribution in [0.15, 0.2) is 54.6 Å². The summed E-state index contributed by atoms with van der Waals surface area (Å²) >= 11 is 0. The van der Waals surface area contributed by atoms with Gasteiger partial charge in [-0.15, -0.1) is 0 Å². The number of hydrogen-bond acceptors (Lipinski definition) is 3. The summed E-state index contributed by atoms with van der Waals surface area (Å²) in [6.45, 7) is 3.56. The van der Waals surface area contributed by atoms with Gasteiger partial charge in [0.05, 0.1) is 0 Å². The molecule has 6 aliphatic carbocycles. The first kappa shape index (κ1) is 32.3. The van der Waals surface area contributed by atoms with E-state index in [4.69, 9.17) is 8.22 Å². The third-order valence-corrected chi connectivity index (χ3v) is 18.4. The normalized spacial score (nSPS) is 39.6. The topological polar surface area (TPSA) is 9.72 Å². The van der Waals surface area contributed by atoms with Gasteiger partial charge in [-0.05, 0) is 190 Å². The van der Waals surface area contributed by atoms with Crippen LogP contribution in [0.2, 0.25) is 0 Å². The minimum absolute atomic E-state index is 0.0283. The zero-order chi connectivity index (χ0) is 44.1. The molecule has 3 saturated heterocycles. The third kappa shape index (κ3) is 6.28. The molecule has 3 aromatic carbocycles. The molecule has 0 spiro atoms. The van der Waals surface area contributed by atoms with Gasteiger partial charge in [0.1, 0.15) is 0 Å². The predicted molar refractivity (Wildman–Crippen MR) is 239 cm³/mol. The van der Waals surface area contributed by atoms with E-state index in [0.29, 0.717) is 28.9 Å². The molecule has 3 heterocycles. The number of nitrogens with zero attached hydrogens (tertiary/aromatic N) is 3. The molecule has 9 atom stereocenters. The molecule has 0 amide bonds. The maximum absolute atomic E-state index is 7.94. The van der Waals surface area contributed by atoms with E-state index in [1.54, 1.807) is 33.2 Å². The lowest BCUT2D eigenvalue weighted by molar-refractivity contribution is 0.00281. The first-order chi connectivity index (χ1) is 30.0. The van der Waals surface area contributed by atoms with E-state index in [0.717, 1.165) is 68.0 Å². The molecule has 6 bridgehead atoms. The van der Waals surface area contributed by atoms with Crippen LogP contribution >= 0.6 is 0 Å². The number of benzene rings is 3. The lowest BCUT2D eigenvalue weighted by Crippen LogP contribution is -2.59. The van der Waals surface area contributed by atoms with E-state index in [-0.39, 0.29) is 11.5 Å². The highest BCUT2D eigenvalue weighted by Gasteiger charge is 2.55. The second-order valence-electron chi connectivity index (χ2n) is 20.9. The lowest BCUT2D eigenvalue weighted by Gasteiger charge is -2.58.